The summed E-state index contributed by atoms with van der Waals surface area (Å²) in [5.74, 6) is 0.182. The Bertz CT molecular complexity index is 1050. The Morgan fingerprint density at radius 2 is 1.83 bits per heavy atom. The lowest BCUT2D eigenvalue weighted by molar-refractivity contribution is -0.138. The number of hydrogen-bond donors (Lipinski definition) is 2. The first-order valence-corrected chi connectivity index (χ1v) is 9.48. The summed E-state index contributed by atoms with van der Waals surface area (Å²) in [6, 6.07) is 9.73. The number of aromatic amines is 1. The molecule has 30 heavy (non-hydrogen) atoms. The van der Waals surface area contributed by atoms with Crippen molar-refractivity contribution in [3.8, 4) is 11.5 Å². The predicted molar refractivity (Wildman–Crippen MR) is 107 cm³/mol. The molecule has 5 nitrogen and oxygen atoms in total. The Balaban J connectivity index is 1.70. The zero-order valence-electron chi connectivity index (χ0n) is 15.6. The van der Waals surface area contributed by atoms with Crippen LogP contribution in [0.15, 0.2) is 42.5 Å². The number of aryl methyl sites for hydroxylation is 1. The highest BCUT2D eigenvalue weighted by Gasteiger charge is 2.32. The second-order valence-electron chi connectivity index (χ2n) is 6.43. The van der Waals surface area contributed by atoms with Crippen molar-refractivity contribution in [2.45, 2.75) is 26.1 Å². The molecule has 2 aromatic carbocycles. The van der Waals surface area contributed by atoms with Gasteiger partial charge in [-0.1, -0.05) is 41.4 Å². The second-order valence-corrected chi connectivity index (χ2v) is 7.31. The molecule has 10 heteroatoms. The van der Waals surface area contributed by atoms with Crippen LogP contribution < -0.4 is 10.1 Å². The van der Waals surface area contributed by atoms with Crippen LogP contribution in [0.1, 0.15) is 22.5 Å². The number of halogens is 5. The number of nitrogens with one attached hydrogen (secondary N) is 2. The minimum Gasteiger partial charge on any atom is -0.453 e. The molecule has 1 aromatic heterocycles. The zero-order chi connectivity index (χ0) is 21.9. The SMILES string of the molecule is Cc1n[nH]c(CC(=O)NCc2ccccc2C(F)(F)F)c1Oc1cc(Cl)cc(Cl)c1. The maximum absolute atomic E-state index is 13.1. The molecule has 0 aliphatic heterocycles. The molecule has 0 unspecified atom stereocenters. The summed E-state index contributed by atoms with van der Waals surface area (Å²) in [4.78, 5) is 12.3. The van der Waals surface area contributed by atoms with Gasteiger partial charge in [-0.25, -0.2) is 0 Å². The first-order valence-electron chi connectivity index (χ1n) is 8.73. The predicted octanol–water partition coefficient (Wildman–Crippen LogP) is 5.69. The topological polar surface area (TPSA) is 67.0 Å². The molecule has 0 saturated heterocycles. The third kappa shape index (κ3) is 5.46. The van der Waals surface area contributed by atoms with Gasteiger partial charge < -0.3 is 10.1 Å². The van der Waals surface area contributed by atoms with Crippen molar-refractivity contribution in [1.82, 2.24) is 15.5 Å². The van der Waals surface area contributed by atoms with Crippen LogP contribution in [-0.2, 0) is 23.9 Å². The minimum atomic E-state index is -4.50. The molecule has 3 aromatic rings. The average molecular weight is 458 g/mol. The fourth-order valence-electron chi connectivity index (χ4n) is 2.80. The molecule has 0 radical (unpaired) electrons. The first kappa shape index (κ1) is 22.0. The Labute approximate surface area is 180 Å². The van der Waals surface area contributed by atoms with E-state index in [2.05, 4.69) is 15.5 Å². The standard InChI is InChI=1S/C20H16Cl2F3N3O2/c1-11-19(30-15-7-13(21)6-14(22)8-15)17(28-27-11)9-18(29)26-10-12-4-2-3-5-16(12)20(23,24)25/h2-8H,9-10H2,1H3,(H,26,29)(H,27,28). The highest BCUT2D eigenvalue weighted by molar-refractivity contribution is 6.34. The number of hydrogen-bond acceptors (Lipinski definition) is 3. The minimum absolute atomic E-state index is 0.0239. The number of alkyl halides is 3. The van der Waals surface area contributed by atoms with E-state index in [0.29, 0.717) is 32.9 Å². The van der Waals surface area contributed by atoms with Gasteiger partial charge in [-0.3, -0.25) is 9.89 Å². The number of carbonyl (C=O) groups is 1. The molecular weight excluding hydrogens is 442 g/mol. The van der Waals surface area contributed by atoms with Gasteiger partial charge in [-0.15, -0.1) is 0 Å². The molecule has 2 N–H and O–H groups in total. The molecule has 1 heterocycles. The lowest BCUT2D eigenvalue weighted by Gasteiger charge is -2.13. The number of carbonyl (C=O) groups excluding carboxylic acids is 1. The van der Waals surface area contributed by atoms with Crippen molar-refractivity contribution in [3.05, 3.63) is 75.0 Å². The van der Waals surface area contributed by atoms with Crippen LogP contribution >= 0.6 is 23.2 Å². The molecule has 0 atom stereocenters. The van der Waals surface area contributed by atoms with E-state index in [4.69, 9.17) is 27.9 Å². The van der Waals surface area contributed by atoms with Crippen molar-refractivity contribution in [2.75, 3.05) is 0 Å². The molecule has 3 rings (SSSR count). The van der Waals surface area contributed by atoms with Crippen LogP contribution in [0.2, 0.25) is 10.0 Å². The summed E-state index contributed by atoms with van der Waals surface area (Å²) < 4.78 is 45.0. The van der Waals surface area contributed by atoms with E-state index in [9.17, 15) is 18.0 Å². The smallest absolute Gasteiger partial charge is 0.416 e. The van der Waals surface area contributed by atoms with Crippen LogP contribution in [0.5, 0.6) is 11.5 Å². The van der Waals surface area contributed by atoms with Crippen molar-refractivity contribution in [1.29, 1.82) is 0 Å². The van der Waals surface area contributed by atoms with E-state index in [0.717, 1.165) is 6.07 Å². The molecule has 0 aliphatic carbocycles. The summed E-state index contributed by atoms with van der Waals surface area (Å²) in [7, 11) is 0. The number of H-pyrrole nitrogens is 1. The molecule has 0 aliphatic rings. The van der Waals surface area contributed by atoms with Gasteiger partial charge in [-0.05, 0) is 36.8 Å². The molecular formula is C20H16Cl2F3N3O2. The molecule has 0 fully saturated rings. The van der Waals surface area contributed by atoms with Crippen molar-refractivity contribution >= 4 is 29.1 Å². The molecule has 0 spiro atoms. The fraction of sp³-hybridized carbons (Fsp3) is 0.200. The number of amides is 1. The summed E-state index contributed by atoms with van der Waals surface area (Å²) in [6.07, 6.45) is -4.67. The number of nitrogens with zero attached hydrogens (tertiary/aromatic N) is 1. The highest BCUT2D eigenvalue weighted by Crippen LogP contribution is 2.33. The van der Waals surface area contributed by atoms with Gasteiger partial charge in [0.1, 0.15) is 11.4 Å². The maximum atomic E-state index is 13.1. The largest absolute Gasteiger partial charge is 0.453 e. The van der Waals surface area contributed by atoms with Gasteiger partial charge in [0, 0.05) is 16.6 Å². The molecule has 0 saturated carbocycles. The lowest BCUT2D eigenvalue weighted by atomic mass is 10.1. The lowest BCUT2D eigenvalue weighted by Crippen LogP contribution is -2.26. The number of rotatable bonds is 6. The summed E-state index contributed by atoms with van der Waals surface area (Å²) in [6.45, 7) is 1.42. The van der Waals surface area contributed by atoms with Gasteiger partial charge in [0.2, 0.25) is 5.91 Å². The van der Waals surface area contributed by atoms with E-state index in [1.165, 1.54) is 18.2 Å². The highest BCUT2D eigenvalue weighted by atomic mass is 35.5. The first-order chi connectivity index (χ1) is 14.1. The Morgan fingerprint density at radius 1 is 1.17 bits per heavy atom. The summed E-state index contributed by atoms with van der Waals surface area (Å²) in [5.41, 5.74) is 0.0512. The normalized spacial score (nSPS) is 11.4. The van der Waals surface area contributed by atoms with Gasteiger partial charge in [0.05, 0.1) is 17.7 Å². The van der Waals surface area contributed by atoms with E-state index in [-0.39, 0.29) is 18.5 Å². The Kier molecular flexibility index (Phi) is 6.58. The number of aromatic nitrogens is 2. The van der Waals surface area contributed by atoms with Gasteiger partial charge in [0.25, 0.3) is 0 Å². The molecule has 158 valence electrons. The fourth-order valence-corrected chi connectivity index (χ4v) is 3.31. The van der Waals surface area contributed by atoms with Gasteiger partial charge >= 0.3 is 6.18 Å². The van der Waals surface area contributed by atoms with Crippen LogP contribution in [-0.4, -0.2) is 16.1 Å². The summed E-state index contributed by atoms with van der Waals surface area (Å²) >= 11 is 11.9. The average Bonchev–Trinajstić information content (AvgIpc) is 2.98. The number of benzene rings is 2. The van der Waals surface area contributed by atoms with Crippen molar-refractivity contribution < 1.29 is 22.7 Å². The Hall–Kier alpha value is -2.71. The Morgan fingerprint density at radius 3 is 2.50 bits per heavy atom. The third-order valence-corrected chi connectivity index (χ3v) is 4.59. The summed E-state index contributed by atoms with van der Waals surface area (Å²) in [5, 5.41) is 9.98. The number of ether oxygens (including phenoxy) is 1. The van der Waals surface area contributed by atoms with E-state index in [1.807, 2.05) is 0 Å². The second kappa shape index (κ2) is 8.97. The van der Waals surface area contributed by atoms with Crippen LogP contribution in [0, 0.1) is 6.92 Å². The van der Waals surface area contributed by atoms with Crippen LogP contribution in [0.3, 0.4) is 0 Å². The van der Waals surface area contributed by atoms with Gasteiger partial charge in [-0.2, -0.15) is 18.3 Å². The maximum Gasteiger partial charge on any atom is 0.416 e. The third-order valence-electron chi connectivity index (χ3n) is 4.15. The quantitative estimate of drug-likeness (QED) is 0.499. The van der Waals surface area contributed by atoms with E-state index in [1.54, 1.807) is 25.1 Å². The van der Waals surface area contributed by atoms with E-state index < -0.39 is 17.6 Å². The molecule has 0 bridgehead atoms. The monoisotopic (exact) mass is 457 g/mol. The van der Waals surface area contributed by atoms with Crippen LogP contribution in [0.25, 0.3) is 0 Å². The van der Waals surface area contributed by atoms with E-state index >= 15 is 0 Å². The zero-order valence-corrected chi connectivity index (χ0v) is 17.1. The van der Waals surface area contributed by atoms with Crippen molar-refractivity contribution in [2.24, 2.45) is 0 Å². The van der Waals surface area contributed by atoms with Gasteiger partial charge in [0.15, 0.2) is 5.75 Å². The molecule has 1 amide bonds. The van der Waals surface area contributed by atoms with Crippen LogP contribution in [0.4, 0.5) is 13.2 Å². The van der Waals surface area contributed by atoms with Crippen molar-refractivity contribution in [3.63, 3.8) is 0 Å².